The summed E-state index contributed by atoms with van der Waals surface area (Å²) >= 11 is 0. The summed E-state index contributed by atoms with van der Waals surface area (Å²) in [6.45, 7) is 3.42. The molecule has 1 fully saturated rings. The maximum absolute atomic E-state index is 5.83. The third kappa shape index (κ3) is 3.98. The van der Waals surface area contributed by atoms with Crippen LogP contribution in [-0.2, 0) is 11.3 Å². The molecule has 94 valence electrons. The third-order valence-corrected chi connectivity index (χ3v) is 2.75. The summed E-state index contributed by atoms with van der Waals surface area (Å²) in [6, 6.07) is 2.61. The van der Waals surface area contributed by atoms with Crippen LogP contribution in [0.2, 0.25) is 0 Å². The molecule has 0 radical (unpaired) electrons. The normalized spacial score (nSPS) is 16.8. The van der Waals surface area contributed by atoms with Gasteiger partial charge in [0.15, 0.2) is 0 Å². The minimum atomic E-state index is 0.0575. The fraction of sp³-hybridized carbons (Fsp3) is 0.615. The van der Waals surface area contributed by atoms with Gasteiger partial charge in [0, 0.05) is 37.7 Å². The van der Waals surface area contributed by atoms with E-state index in [-0.39, 0.29) is 6.10 Å². The first-order chi connectivity index (χ1) is 8.29. The molecule has 0 saturated heterocycles. The van der Waals surface area contributed by atoms with Crippen LogP contribution in [0.15, 0.2) is 18.5 Å². The van der Waals surface area contributed by atoms with Crippen molar-refractivity contribution in [3.63, 3.8) is 0 Å². The Labute approximate surface area is 102 Å². The van der Waals surface area contributed by atoms with Gasteiger partial charge in [-0.25, -0.2) is 0 Å². The molecule has 1 N–H and O–H groups in total. The van der Waals surface area contributed by atoms with Gasteiger partial charge >= 0.3 is 0 Å². The highest BCUT2D eigenvalue weighted by Crippen LogP contribution is 2.22. The van der Waals surface area contributed by atoms with Gasteiger partial charge in [-0.2, -0.15) is 0 Å². The monoisotopic (exact) mass is 236 g/mol. The van der Waals surface area contributed by atoms with E-state index in [9.17, 15) is 0 Å². The molecule has 0 amide bonds. The molecule has 0 aromatic carbocycles. The zero-order chi connectivity index (χ0) is 12.1. The number of nitrogens with zero attached hydrogens (tertiary/aromatic N) is 1. The topological polar surface area (TPSA) is 43.4 Å². The van der Waals surface area contributed by atoms with E-state index in [1.165, 1.54) is 12.8 Å². The SMILES string of the molecule is COCC(C)Oc1ccncc1CNC1CC1. The quantitative estimate of drug-likeness (QED) is 0.783. The standard InChI is InChI=1S/C13H20N2O2/c1-10(9-16-2)17-13-5-6-14-7-11(13)8-15-12-3-4-12/h5-7,10,12,15H,3-4,8-9H2,1-2H3. The Balaban J connectivity index is 1.93. The molecule has 0 spiro atoms. The van der Waals surface area contributed by atoms with Crippen LogP contribution in [-0.4, -0.2) is 30.8 Å². The summed E-state index contributed by atoms with van der Waals surface area (Å²) in [5, 5.41) is 3.47. The highest BCUT2D eigenvalue weighted by atomic mass is 16.5. The van der Waals surface area contributed by atoms with Crippen LogP contribution in [0.3, 0.4) is 0 Å². The maximum atomic E-state index is 5.83. The number of aromatic nitrogens is 1. The lowest BCUT2D eigenvalue weighted by molar-refractivity contribution is 0.0912. The first-order valence-corrected chi connectivity index (χ1v) is 6.11. The van der Waals surface area contributed by atoms with Crippen LogP contribution in [0.5, 0.6) is 5.75 Å². The van der Waals surface area contributed by atoms with Gasteiger partial charge in [0.25, 0.3) is 0 Å². The zero-order valence-electron chi connectivity index (χ0n) is 10.5. The van der Waals surface area contributed by atoms with E-state index in [2.05, 4.69) is 10.3 Å². The van der Waals surface area contributed by atoms with Gasteiger partial charge in [-0.3, -0.25) is 4.98 Å². The molecule has 4 heteroatoms. The van der Waals surface area contributed by atoms with Crippen LogP contribution in [0.1, 0.15) is 25.3 Å². The molecule has 1 saturated carbocycles. The van der Waals surface area contributed by atoms with Gasteiger partial charge in [0.1, 0.15) is 11.9 Å². The lowest BCUT2D eigenvalue weighted by atomic mass is 10.2. The molecule has 1 atom stereocenters. The Bertz CT molecular complexity index is 353. The summed E-state index contributed by atoms with van der Waals surface area (Å²) in [6.07, 6.45) is 6.26. The van der Waals surface area contributed by atoms with Crippen molar-refractivity contribution in [3.05, 3.63) is 24.0 Å². The third-order valence-electron chi connectivity index (χ3n) is 2.75. The average molecular weight is 236 g/mol. The number of rotatable bonds is 7. The number of nitrogens with one attached hydrogen (secondary N) is 1. The van der Waals surface area contributed by atoms with Crippen molar-refractivity contribution in [3.8, 4) is 5.75 Å². The van der Waals surface area contributed by atoms with Crippen LogP contribution in [0.25, 0.3) is 0 Å². The molecule has 1 aromatic heterocycles. The van der Waals surface area contributed by atoms with Crippen molar-refractivity contribution in [1.29, 1.82) is 0 Å². The van der Waals surface area contributed by atoms with Crippen LogP contribution < -0.4 is 10.1 Å². The second-order valence-electron chi connectivity index (χ2n) is 4.52. The molecular weight excluding hydrogens is 216 g/mol. The van der Waals surface area contributed by atoms with Gasteiger partial charge in [-0.1, -0.05) is 0 Å². The summed E-state index contributed by atoms with van der Waals surface area (Å²) < 4.78 is 10.9. The minimum absolute atomic E-state index is 0.0575. The molecule has 1 aliphatic rings. The van der Waals surface area contributed by atoms with E-state index in [0.717, 1.165) is 17.9 Å². The van der Waals surface area contributed by atoms with Gasteiger partial charge in [-0.15, -0.1) is 0 Å². The lowest BCUT2D eigenvalue weighted by Crippen LogP contribution is -2.21. The fourth-order valence-corrected chi connectivity index (χ4v) is 1.69. The molecule has 1 heterocycles. The van der Waals surface area contributed by atoms with Gasteiger partial charge in [-0.05, 0) is 25.8 Å². The van der Waals surface area contributed by atoms with Crippen molar-refractivity contribution in [1.82, 2.24) is 10.3 Å². The minimum Gasteiger partial charge on any atom is -0.488 e. The summed E-state index contributed by atoms with van der Waals surface area (Å²) in [5.41, 5.74) is 1.11. The van der Waals surface area contributed by atoms with Crippen molar-refractivity contribution >= 4 is 0 Å². The van der Waals surface area contributed by atoms with Crippen LogP contribution in [0.4, 0.5) is 0 Å². The summed E-state index contributed by atoms with van der Waals surface area (Å²) in [4.78, 5) is 4.15. The van der Waals surface area contributed by atoms with E-state index in [0.29, 0.717) is 12.6 Å². The number of ether oxygens (including phenoxy) is 2. The fourth-order valence-electron chi connectivity index (χ4n) is 1.69. The number of hydrogen-bond donors (Lipinski definition) is 1. The number of methoxy groups -OCH3 is 1. The Morgan fingerprint density at radius 2 is 2.35 bits per heavy atom. The molecule has 4 nitrogen and oxygen atoms in total. The molecule has 17 heavy (non-hydrogen) atoms. The van der Waals surface area contributed by atoms with Crippen molar-refractivity contribution in [2.24, 2.45) is 0 Å². The zero-order valence-corrected chi connectivity index (χ0v) is 10.5. The van der Waals surface area contributed by atoms with Gasteiger partial charge in [0.2, 0.25) is 0 Å². The smallest absolute Gasteiger partial charge is 0.127 e. The Hall–Kier alpha value is -1.13. The number of pyridine rings is 1. The Morgan fingerprint density at radius 1 is 1.53 bits per heavy atom. The largest absolute Gasteiger partial charge is 0.488 e. The van der Waals surface area contributed by atoms with E-state index in [1.807, 2.05) is 19.2 Å². The molecule has 0 bridgehead atoms. The summed E-state index contributed by atoms with van der Waals surface area (Å²) in [7, 11) is 1.68. The molecule has 0 aliphatic heterocycles. The lowest BCUT2D eigenvalue weighted by Gasteiger charge is -2.16. The highest BCUT2D eigenvalue weighted by molar-refractivity contribution is 5.30. The predicted molar refractivity (Wildman–Crippen MR) is 66.1 cm³/mol. The van der Waals surface area contributed by atoms with Crippen LogP contribution >= 0.6 is 0 Å². The van der Waals surface area contributed by atoms with E-state index in [1.54, 1.807) is 13.3 Å². The predicted octanol–water partition coefficient (Wildman–Crippen LogP) is 1.75. The van der Waals surface area contributed by atoms with Crippen LogP contribution in [0, 0.1) is 0 Å². The van der Waals surface area contributed by atoms with E-state index < -0.39 is 0 Å². The first kappa shape index (κ1) is 12.3. The van der Waals surface area contributed by atoms with E-state index in [4.69, 9.17) is 9.47 Å². The van der Waals surface area contributed by atoms with Crippen molar-refractivity contribution in [2.75, 3.05) is 13.7 Å². The second kappa shape index (κ2) is 5.98. The van der Waals surface area contributed by atoms with Crippen molar-refractivity contribution < 1.29 is 9.47 Å². The highest BCUT2D eigenvalue weighted by Gasteiger charge is 2.20. The molecular formula is C13H20N2O2. The first-order valence-electron chi connectivity index (χ1n) is 6.11. The maximum Gasteiger partial charge on any atom is 0.127 e. The molecule has 2 rings (SSSR count). The van der Waals surface area contributed by atoms with Crippen molar-refractivity contribution in [2.45, 2.75) is 38.5 Å². The number of hydrogen-bond acceptors (Lipinski definition) is 4. The Morgan fingerprint density at radius 3 is 3.06 bits per heavy atom. The van der Waals surface area contributed by atoms with Gasteiger partial charge in [0.05, 0.1) is 6.61 Å². The molecule has 1 aliphatic carbocycles. The molecule has 1 aromatic rings. The molecule has 1 unspecified atom stereocenters. The van der Waals surface area contributed by atoms with Gasteiger partial charge < -0.3 is 14.8 Å². The second-order valence-corrected chi connectivity index (χ2v) is 4.52. The summed E-state index contributed by atoms with van der Waals surface area (Å²) in [5.74, 6) is 0.901. The Kier molecular flexibility index (Phi) is 4.34. The van der Waals surface area contributed by atoms with E-state index >= 15 is 0 Å². The average Bonchev–Trinajstić information content (AvgIpc) is 3.12.